The summed E-state index contributed by atoms with van der Waals surface area (Å²) in [7, 11) is 0. The molecule has 23 heavy (non-hydrogen) atoms. The number of hydrogen-bond acceptors (Lipinski definition) is 1. The third-order valence-electron chi connectivity index (χ3n) is 4.91. The van der Waals surface area contributed by atoms with Gasteiger partial charge < -0.3 is 0 Å². The van der Waals surface area contributed by atoms with Crippen LogP contribution in [-0.4, -0.2) is 4.98 Å². The van der Waals surface area contributed by atoms with Gasteiger partial charge in [0.15, 0.2) is 0 Å². The number of benzene rings is 2. The topological polar surface area (TPSA) is 12.9 Å². The number of aromatic nitrogens is 1. The van der Waals surface area contributed by atoms with Gasteiger partial charge in [0.1, 0.15) is 0 Å². The standard InChI is InChI=1S/C22H19N/c1-4-15-13-18-16-9-5-6-10-19(16)22(2,3)20(18)14-17(15)21-11-7-8-12-23-21/h4-14H,1H2,2-3H3. The van der Waals surface area contributed by atoms with Gasteiger partial charge in [0, 0.05) is 17.2 Å². The molecular weight excluding hydrogens is 278 g/mol. The zero-order valence-electron chi connectivity index (χ0n) is 13.5. The lowest BCUT2D eigenvalue weighted by atomic mass is 9.81. The highest BCUT2D eigenvalue weighted by Crippen LogP contribution is 2.50. The number of pyridine rings is 1. The Morgan fingerprint density at radius 1 is 0.870 bits per heavy atom. The first-order valence-corrected chi connectivity index (χ1v) is 7.95. The predicted molar refractivity (Wildman–Crippen MR) is 97.3 cm³/mol. The Bertz CT molecular complexity index is 905. The maximum atomic E-state index is 4.53. The molecule has 0 saturated carbocycles. The molecular formula is C22H19N. The average molecular weight is 297 g/mol. The van der Waals surface area contributed by atoms with Crippen LogP contribution in [0.4, 0.5) is 0 Å². The zero-order chi connectivity index (χ0) is 16.0. The van der Waals surface area contributed by atoms with Crippen LogP contribution >= 0.6 is 0 Å². The van der Waals surface area contributed by atoms with Gasteiger partial charge in [0.2, 0.25) is 0 Å². The number of nitrogens with zero attached hydrogens (tertiary/aromatic N) is 1. The van der Waals surface area contributed by atoms with Gasteiger partial charge in [-0.25, -0.2) is 0 Å². The van der Waals surface area contributed by atoms with Crippen molar-refractivity contribution in [3.05, 3.63) is 84.1 Å². The summed E-state index contributed by atoms with van der Waals surface area (Å²) in [6, 6.07) is 19.3. The van der Waals surface area contributed by atoms with Gasteiger partial charge in [-0.15, -0.1) is 0 Å². The maximum absolute atomic E-state index is 4.53. The smallest absolute Gasteiger partial charge is 0.0708 e. The van der Waals surface area contributed by atoms with Crippen molar-refractivity contribution in [2.24, 2.45) is 0 Å². The van der Waals surface area contributed by atoms with Crippen LogP contribution in [0.15, 0.2) is 67.4 Å². The van der Waals surface area contributed by atoms with Gasteiger partial charge in [0.05, 0.1) is 5.69 Å². The molecule has 0 spiro atoms. The highest BCUT2D eigenvalue weighted by Gasteiger charge is 2.35. The van der Waals surface area contributed by atoms with Crippen LogP contribution in [0.2, 0.25) is 0 Å². The van der Waals surface area contributed by atoms with E-state index in [4.69, 9.17) is 0 Å². The van der Waals surface area contributed by atoms with Crippen molar-refractivity contribution in [3.8, 4) is 22.4 Å². The molecule has 112 valence electrons. The van der Waals surface area contributed by atoms with Crippen molar-refractivity contribution in [3.63, 3.8) is 0 Å². The summed E-state index contributed by atoms with van der Waals surface area (Å²) in [5, 5.41) is 0. The molecule has 0 fully saturated rings. The van der Waals surface area contributed by atoms with Gasteiger partial charge in [-0.1, -0.05) is 56.8 Å². The van der Waals surface area contributed by atoms with Crippen molar-refractivity contribution in [1.29, 1.82) is 0 Å². The average Bonchev–Trinajstić information content (AvgIpc) is 2.82. The van der Waals surface area contributed by atoms with E-state index in [-0.39, 0.29) is 5.41 Å². The van der Waals surface area contributed by atoms with Gasteiger partial charge in [-0.05, 0) is 52.1 Å². The lowest BCUT2D eigenvalue weighted by Gasteiger charge is -2.22. The first kappa shape index (κ1) is 14.0. The predicted octanol–water partition coefficient (Wildman–Crippen LogP) is 5.70. The van der Waals surface area contributed by atoms with E-state index in [1.54, 1.807) is 0 Å². The minimum atomic E-state index is 0.00908. The third-order valence-corrected chi connectivity index (χ3v) is 4.91. The number of fused-ring (bicyclic) bond motifs is 3. The summed E-state index contributed by atoms with van der Waals surface area (Å²) in [6.45, 7) is 8.61. The van der Waals surface area contributed by atoms with Crippen molar-refractivity contribution >= 4 is 6.08 Å². The van der Waals surface area contributed by atoms with E-state index in [0.29, 0.717) is 0 Å². The second kappa shape index (κ2) is 4.92. The molecule has 2 aromatic carbocycles. The second-order valence-corrected chi connectivity index (χ2v) is 6.57. The lowest BCUT2D eigenvalue weighted by molar-refractivity contribution is 0.660. The van der Waals surface area contributed by atoms with E-state index >= 15 is 0 Å². The fraction of sp³-hybridized carbons (Fsp3) is 0.136. The SMILES string of the molecule is C=Cc1cc2c(cc1-c1ccccn1)C(C)(C)c1ccccc1-2. The molecule has 0 bridgehead atoms. The Morgan fingerprint density at radius 2 is 1.65 bits per heavy atom. The Hall–Kier alpha value is -2.67. The fourth-order valence-electron chi connectivity index (χ4n) is 3.68. The quantitative estimate of drug-likeness (QED) is 0.591. The molecule has 0 aliphatic heterocycles. The van der Waals surface area contributed by atoms with Gasteiger partial charge in [-0.2, -0.15) is 0 Å². The van der Waals surface area contributed by atoms with Crippen LogP contribution in [-0.2, 0) is 5.41 Å². The Morgan fingerprint density at radius 3 is 2.39 bits per heavy atom. The maximum Gasteiger partial charge on any atom is 0.0708 e. The summed E-state index contributed by atoms with van der Waals surface area (Å²) < 4.78 is 0. The molecule has 1 aliphatic rings. The van der Waals surface area contributed by atoms with Gasteiger partial charge >= 0.3 is 0 Å². The Labute approximate surface area is 137 Å². The summed E-state index contributed by atoms with van der Waals surface area (Å²) in [5.41, 5.74) is 8.71. The van der Waals surface area contributed by atoms with Crippen LogP contribution in [0.1, 0.15) is 30.5 Å². The Kier molecular flexibility index (Phi) is 2.99. The summed E-state index contributed by atoms with van der Waals surface area (Å²) in [6.07, 6.45) is 3.77. The van der Waals surface area contributed by atoms with Crippen LogP contribution in [0.25, 0.3) is 28.5 Å². The third kappa shape index (κ3) is 1.97. The van der Waals surface area contributed by atoms with E-state index < -0.39 is 0 Å². The second-order valence-electron chi connectivity index (χ2n) is 6.57. The highest BCUT2D eigenvalue weighted by molar-refractivity contribution is 5.87. The van der Waals surface area contributed by atoms with E-state index in [0.717, 1.165) is 16.8 Å². The first-order chi connectivity index (χ1) is 11.1. The van der Waals surface area contributed by atoms with Crippen LogP contribution in [0.5, 0.6) is 0 Å². The molecule has 4 rings (SSSR count). The van der Waals surface area contributed by atoms with Crippen molar-refractivity contribution in [2.45, 2.75) is 19.3 Å². The van der Waals surface area contributed by atoms with Crippen molar-refractivity contribution < 1.29 is 0 Å². The molecule has 1 nitrogen and oxygen atoms in total. The van der Waals surface area contributed by atoms with E-state index in [2.05, 4.69) is 67.9 Å². The summed E-state index contributed by atoms with van der Waals surface area (Å²) >= 11 is 0. The fourth-order valence-corrected chi connectivity index (χ4v) is 3.68. The molecule has 0 amide bonds. The highest BCUT2D eigenvalue weighted by atomic mass is 14.7. The van der Waals surface area contributed by atoms with Crippen molar-refractivity contribution in [1.82, 2.24) is 4.98 Å². The first-order valence-electron chi connectivity index (χ1n) is 7.95. The zero-order valence-corrected chi connectivity index (χ0v) is 13.5. The molecule has 0 atom stereocenters. The summed E-state index contributed by atoms with van der Waals surface area (Å²) in [4.78, 5) is 4.53. The molecule has 1 aromatic heterocycles. The number of rotatable bonds is 2. The van der Waals surface area contributed by atoms with Crippen LogP contribution in [0, 0.1) is 0 Å². The van der Waals surface area contributed by atoms with Gasteiger partial charge in [-0.3, -0.25) is 4.98 Å². The molecule has 3 aromatic rings. The molecule has 0 N–H and O–H groups in total. The van der Waals surface area contributed by atoms with E-state index in [1.807, 2.05) is 24.4 Å². The molecule has 1 heteroatoms. The molecule has 1 aliphatic carbocycles. The van der Waals surface area contributed by atoms with E-state index in [1.165, 1.54) is 22.3 Å². The molecule has 0 radical (unpaired) electrons. The number of hydrogen-bond donors (Lipinski definition) is 0. The van der Waals surface area contributed by atoms with E-state index in [9.17, 15) is 0 Å². The summed E-state index contributed by atoms with van der Waals surface area (Å²) in [5.74, 6) is 0. The van der Waals surface area contributed by atoms with Crippen molar-refractivity contribution in [2.75, 3.05) is 0 Å². The van der Waals surface area contributed by atoms with Crippen LogP contribution in [0.3, 0.4) is 0 Å². The van der Waals surface area contributed by atoms with Gasteiger partial charge in [0.25, 0.3) is 0 Å². The van der Waals surface area contributed by atoms with Crippen LogP contribution < -0.4 is 0 Å². The molecule has 0 saturated heterocycles. The minimum absolute atomic E-state index is 0.00908. The normalized spacial score (nSPS) is 14.2. The lowest BCUT2D eigenvalue weighted by Crippen LogP contribution is -2.15. The minimum Gasteiger partial charge on any atom is -0.256 e. The molecule has 0 unspecified atom stereocenters. The molecule has 1 heterocycles. The largest absolute Gasteiger partial charge is 0.256 e. The Balaban J connectivity index is 2.03. The monoisotopic (exact) mass is 297 g/mol.